The van der Waals surface area contributed by atoms with Crippen molar-refractivity contribution >= 4 is 5.78 Å². The molecule has 0 aromatic heterocycles. The van der Waals surface area contributed by atoms with Gasteiger partial charge in [0.05, 0.1) is 0 Å². The number of hydrogen-bond acceptors (Lipinski definition) is 3. The molecule has 0 saturated heterocycles. The van der Waals surface area contributed by atoms with E-state index in [9.17, 15) is 9.90 Å². The summed E-state index contributed by atoms with van der Waals surface area (Å²) in [6.07, 6.45) is 6.59. The smallest absolute Gasteiger partial charge is 0.193 e. The monoisotopic (exact) mass is 490 g/mol. The number of aromatic hydroxyl groups is 1. The number of ether oxygens (including phenoxy) is 1. The number of benzene rings is 3. The van der Waals surface area contributed by atoms with Crippen LogP contribution in [0.1, 0.15) is 68.1 Å². The maximum atomic E-state index is 13.0. The molecule has 0 radical (unpaired) electrons. The molecule has 0 saturated carbocycles. The van der Waals surface area contributed by atoms with Gasteiger partial charge in [0, 0.05) is 28.9 Å². The standard InChI is InChI=1S/C34H34O3/c1-33(2,3)26-14-10-24(11-15-26)32(36)25-12-21-31(22-13-25)37-30-9-7-6-8-27(18-23-30)34(4,5)28-16-19-29(35)20-17-28/h9-23,27,35H,7H2,1-5H3. The van der Waals surface area contributed by atoms with Crippen LogP contribution in [0.2, 0.25) is 0 Å². The minimum Gasteiger partial charge on any atom is -0.508 e. The fraction of sp³-hybridized carbons (Fsp3) is 0.265. The van der Waals surface area contributed by atoms with Gasteiger partial charge in [-0.3, -0.25) is 4.79 Å². The fourth-order valence-corrected chi connectivity index (χ4v) is 4.29. The lowest BCUT2D eigenvalue weighted by molar-refractivity contribution is 0.103. The summed E-state index contributed by atoms with van der Waals surface area (Å²) in [6.45, 7) is 10.8. The Morgan fingerprint density at radius 2 is 1.41 bits per heavy atom. The summed E-state index contributed by atoms with van der Waals surface area (Å²) in [5.74, 6) is 8.22. The van der Waals surface area contributed by atoms with E-state index in [0.29, 0.717) is 23.3 Å². The van der Waals surface area contributed by atoms with Crippen LogP contribution in [0.15, 0.2) is 96.8 Å². The molecule has 0 spiro atoms. The van der Waals surface area contributed by atoms with Gasteiger partial charge in [-0.05, 0) is 65.1 Å². The SMILES string of the molecule is CC(C)(C)c1ccc(C(=O)c2ccc(OC3=CCC#CC(C(C)(C)c4ccc(O)cc4)C=C3)cc2)cc1. The largest absolute Gasteiger partial charge is 0.508 e. The van der Waals surface area contributed by atoms with E-state index in [-0.39, 0.29) is 28.3 Å². The van der Waals surface area contributed by atoms with Crippen molar-refractivity contribution in [1.29, 1.82) is 0 Å². The second-order valence-corrected chi connectivity index (χ2v) is 11.0. The zero-order chi connectivity index (χ0) is 26.6. The number of hydrogen-bond donors (Lipinski definition) is 1. The predicted molar refractivity (Wildman–Crippen MR) is 150 cm³/mol. The van der Waals surface area contributed by atoms with Crippen molar-refractivity contribution in [3.8, 4) is 23.3 Å². The molecule has 1 aliphatic rings. The lowest BCUT2D eigenvalue weighted by Gasteiger charge is -2.30. The molecule has 0 aliphatic heterocycles. The van der Waals surface area contributed by atoms with Crippen LogP contribution in [0, 0.1) is 17.8 Å². The highest BCUT2D eigenvalue weighted by Crippen LogP contribution is 2.34. The molecule has 1 N–H and O–H groups in total. The van der Waals surface area contributed by atoms with Crippen molar-refractivity contribution in [3.05, 3.63) is 119 Å². The van der Waals surface area contributed by atoms with Crippen LogP contribution in [0.25, 0.3) is 0 Å². The Kier molecular flexibility index (Phi) is 7.41. The van der Waals surface area contributed by atoms with Gasteiger partial charge in [0.25, 0.3) is 0 Å². The number of ketones is 1. The molecule has 0 bridgehead atoms. The van der Waals surface area contributed by atoms with E-state index in [0.717, 1.165) is 11.3 Å². The molecule has 0 fully saturated rings. The van der Waals surface area contributed by atoms with E-state index in [1.165, 1.54) is 5.56 Å². The molecule has 1 unspecified atom stereocenters. The number of carbonyl (C=O) groups excluding carboxylic acids is 1. The van der Waals surface area contributed by atoms with Crippen LogP contribution in [0.5, 0.6) is 11.5 Å². The van der Waals surface area contributed by atoms with Crippen molar-refractivity contribution in [2.45, 2.75) is 51.9 Å². The summed E-state index contributed by atoms with van der Waals surface area (Å²) < 4.78 is 6.13. The van der Waals surface area contributed by atoms with Gasteiger partial charge < -0.3 is 9.84 Å². The Morgan fingerprint density at radius 3 is 2.00 bits per heavy atom. The second-order valence-electron chi connectivity index (χ2n) is 11.0. The van der Waals surface area contributed by atoms with Gasteiger partial charge in [0.15, 0.2) is 5.78 Å². The zero-order valence-corrected chi connectivity index (χ0v) is 22.2. The summed E-state index contributed by atoms with van der Waals surface area (Å²) in [5.41, 5.74) is 3.41. The van der Waals surface area contributed by atoms with Crippen molar-refractivity contribution in [2.75, 3.05) is 0 Å². The predicted octanol–water partition coefficient (Wildman–Crippen LogP) is 7.74. The molecule has 188 valence electrons. The van der Waals surface area contributed by atoms with Crippen LogP contribution >= 0.6 is 0 Å². The molecule has 3 nitrogen and oxygen atoms in total. The molecular formula is C34H34O3. The highest BCUT2D eigenvalue weighted by molar-refractivity contribution is 6.09. The van der Waals surface area contributed by atoms with Gasteiger partial charge in [0.2, 0.25) is 0 Å². The van der Waals surface area contributed by atoms with Gasteiger partial charge in [0.1, 0.15) is 17.3 Å². The number of rotatable bonds is 6. The molecule has 3 heteroatoms. The molecule has 37 heavy (non-hydrogen) atoms. The Bertz CT molecular complexity index is 1370. The average Bonchev–Trinajstić information content (AvgIpc) is 2.85. The molecule has 1 aliphatic carbocycles. The van der Waals surface area contributed by atoms with Crippen LogP contribution in [0.3, 0.4) is 0 Å². The Morgan fingerprint density at radius 1 is 0.838 bits per heavy atom. The summed E-state index contributed by atoms with van der Waals surface area (Å²) in [6, 6.07) is 22.4. The maximum Gasteiger partial charge on any atom is 0.193 e. The highest BCUT2D eigenvalue weighted by Gasteiger charge is 2.28. The van der Waals surface area contributed by atoms with Crippen LogP contribution in [-0.2, 0) is 10.8 Å². The fourth-order valence-electron chi connectivity index (χ4n) is 4.29. The quantitative estimate of drug-likeness (QED) is 0.284. The lowest BCUT2D eigenvalue weighted by Crippen LogP contribution is -2.26. The van der Waals surface area contributed by atoms with Crippen molar-refractivity contribution in [1.82, 2.24) is 0 Å². The molecule has 3 aromatic carbocycles. The minimum atomic E-state index is -0.243. The zero-order valence-electron chi connectivity index (χ0n) is 22.2. The van der Waals surface area contributed by atoms with Crippen LogP contribution < -0.4 is 4.74 Å². The van der Waals surface area contributed by atoms with Gasteiger partial charge in [-0.25, -0.2) is 0 Å². The van der Waals surface area contributed by atoms with Crippen LogP contribution in [0.4, 0.5) is 0 Å². The molecule has 3 aromatic rings. The van der Waals surface area contributed by atoms with Crippen molar-refractivity contribution in [3.63, 3.8) is 0 Å². The summed E-state index contributed by atoms with van der Waals surface area (Å²) in [5, 5.41) is 9.65. The molecular weight excluding hydrogens is 456 g/mol. The van der Waals surface area contributed by atoms with Gasteiger partial charge in [-0.2, -0.15) is 0 Å². The highest BCUT2D eigenvalue weighted by atomic mass is 16.5. The summed E-state index contributed by atoms with van der Waals surface area (Å²) in [4.78, 5) is 13.0. The first-order valence-corrected chi connectivity index (χ1v) is 12.6. The first kappa shape index (κ1) is 26.0. The summed E-state index contributed by atoms with van der Waals surface area (Å²) >= 11 is 0. The third-order valence-electron chi connectivity index (χ3n) is 6.87. The van der Waals surface area contributed by atoms with E-state index in [4.69, 9.17) is 4.74 Å². The maximum absolute atomic E-state index is 13.0. The third-order valence-corrected chi connectivity index (χ3v) is 6.87. The Labute approximate surface area is 220 Å². The van der Waals surface area contributed by atoms with Gasteiger partial charge in [-0.1, -0.05) is 88.9 Å². The lowest BCUT2D eigenvalue weighted by atomic mass is 9.73. The second kappa shape index (κ2) is 10.5. The van der Waals surface area contributed by atoms with Crippen molar-refractivity contribution in [2.24, 2.45) is 5.92 Å². The number of allylic oxidation sites excluding steroid dienone is 3. The first-order chi connectivity index (χ1) is 17.5. The number of carbonyl (C=O) groups is 1. The number of phenolic OH excluding ortho intramolecular Hbond substituents is 1. The average molecular weight is 491 g/mol. The topological polar surface area (TPSA) is 46.5 Å². The van der Waals surface area contributed by atoms with E-state index in [2.05, 4.69) is 52.5 Å². The normalized spacial score (nSPS) is 15.6. The van der Waals surface area contributed by atoms with Gasteiger partial charge >= 0.3 is 0 Å². The van der Waals surface area contributed by atoms with E-state index < -0.39 is 0 Å². The Balaban J connectivity index is 1.45. The molecule has 0 heterocycles. The first-order valence-electron chi connectivity index (χ1n) is 12.6. The molecule has 4 rings (SSSR count). The van der Waals surface area contributed by atoms with E-state index in [1.807, 2.05) is 60.7 Å². The van der Waals surface area contributed by atoms with Gasteiger partial charge in [-0.15, -0.1) is 0 Å². The van der Waals surface area contributed by atoms with Crippen LogP contribution in [-0.4, -0.2) is 10.9 Å². The minimum absolute atomic E-state index is 0.00773. The molecule has 1 atom stereocenters. The van der Waals surface area contributed by atoms with E-state index in [1.54, 1.807) is 24.3 Å². The Hall–Kier alpha value is -4.03. The number of phenols is 1. The van der Waals surface area contributed by atoms with E-state index >= 15 is 0 Å². The molecule has 0 amide bonds. The summed E-state index contributed by atoms with van der Waals surface area (Å²) in [7, 11) is 0. The third kappa shape index (κ3) is 6.22. The van der Waals surface area contributed by atoms with Crippen molar-refractivity contribution < 1.29 is 14.6 Å².